The fourth-order valence-electron chi connectivity index (χ4n) is 1.89. The summed E-state index contributed by atoms with van der Waals surface area (Å²) in [5.41, 5.74) is 1.51. The molecule has 2 aromatic rings. The van der Waals surface area contributed by atoms with Crippen molar-refractivity contribution < 1.29 is 9.90 Å². The zero-order valence-electron chi connectivity index (χ0n) is 11.6. The molecule has 0 saturated carbocycles. The number of carbonyl (C=O) groups is 1. The number of nitrogens with zero attached hydrogens (tertiary/aromatic N) is 1. The number of aliphatic hydroxyl groups is 1. The molecule has 0 radical (unpaired) electrons. The molecule has 0 aliphatic heterocycles. The van der Waals surface area contributed by atoms with Crippen LogP contribution in [0.15, 0.2) is 48.5 Å². The van der Waals surface area contributed by atoms with Gasteiger partial charge in [-0.3, -0.25) is 0 Å². The van der Waals surface area contributed by atoms with E-state index in [4.69, 9.17) is 16.9 Å². The lowest BCUT2D eigenvalue weighted by atomic mass is 10.1. The topological polar surface area (TPSA) is 85.2 Å². The van der Waals surface area contributed by atoms with E-state index in [1.54, 1.807) is 48.5 Å². The van der Waals surface area contributed by atoms with Crippen LogP contribution in [0.4, 0.5) is 10.5 Å². The first-order valence-electron chi connectivity index (χ1n) is 6.57. The lowest BCUT2D eigenvalue weighted by Gasteiger charge is -2.14. The Morgan fingerprint density at radius 3 is 2.77 bits per heavy atom. The van der Waals surface area contributed by atoms with E-state index in [2.05, 4.69) is 10.6 Å². The van der Waals surface area contributed by atoms with E-state index >= 15 is 0 Å². The van der Waals surface area contributed by atoms with Crippen molar-refractivity contribution >= 4 is 23.3 Å². The van der Waals surface area contributed by atoms with Crippen molar-refractivity contribution in [1.82, 2.24) is 5.32 Å². The third-order valence-electron chi connectivity index (χ3n) is 2.97. The highest BCUT2D eigenvalue weighted by atomic mass is 35.5. The molecule has 2 amide bonds. The van der Waals surface area contributed by atoms with Crippen molar-refractivity contribution in [2.75, 3.05) is 11.9 Å². The highest BCUT2D eigenvalue weighted by Gasteiger charge is 2.12. The molecule has 3 N–H and O–H groups in total. The van der Waals surface area contributed by atoms with E-state index in [-0.39, 0.29) is 6.54 Å². The van der Waals surface area contributed by atoms with Crippen LogP contribution in [0.2, 0.25) is 5.02 Å². The van der Waals surface area contributed by atoms with E-state index < -0.39 is 12.1 Å². The van der Waals surface area contributed by atoms with Gasteiger partial charge in [0.25, 0.3) is 0 Å². The number of urea groups is 1. The maximum Gasteiger partial charge on any atom is 0.319 e. The third-order valence-corrected chi connectivity index (χ3v) is 3.31. The summed E-state index contributed by atoms with van der Waals surface area (Å²) in [6, 6.07) is 15.0. The molecule has 0 heterocycles. The molecule has 0 saturated heterocycles. The minimum atomic E-state index is -0.898. The van der Waals surface area contributed by atoms with Crippen LogP contribution in [0.3, 0.4) is 0 Å². The molecule has 0 fully saturated rings. The first kappa shape index (κ1) is 15.8. The first-order valence-corrected chi connectivity index (χ1v) is 6.95. The van der Waals surface area contributed by atoms with Gasteiger partial charge >= 0.3 is 6.03 Å². The van der Waals surface area contributed by atoms with Gasteiger partial charge in [0.1, 0.15) is 0 Å². The maximum atomic E-state index is 11.8. The van der Waals surface area contributed by atoms with E-state index in [0.29, 0.717) is 21.8 Å². The van der Waals surface area contributed by atoms with Crippen LogP contribution in [0, 0.1) is 11.3 Å². The number of rotatable bonds is 4. The predicted molar refractivity (Wildman–Crippen MR) is 84.6 cm³/mol. The van der Waals surface area contributed by atoms with Gasteiger partial charge in [-0.2, -0.15) is 5.26 Å². The largest absolute Gasteiger partial charge is 0.387 e. The molecule has 0 aliphatic rings. The van der Waals surface area contributed by atoms with Crippen LogP contribution in [-0.2, 0) is 0 Å². The number of carbonyl (C=O) groups excluding carboxylic acids is 1. The van der Waals surface area contributed by atoms with Crippen LogP contribution >= 0.6 is 11.6 Å². The minimum absolute atomic E-state index is 0.0213. The van der Waals surface area contributed by atoms with Gasteiger partial charge in [-0.1, -0.05) is 35.9 Å². The Labute approximate surface area is 133 Å². The van der Waals surface area contributed by atoms with Gasteiger partial charge < -0.3 is 15.7 Å². The van der Waals surface area contributed by atoms with Crippen molar-refractivity contribution in [2.45, 2.75) is 6.10 Å². The number of halogens is 1. The second-order valence-corrected chi connectivity index (χ2v) is 4.97. The molecule has 5 nitrogen and oxygen atoms in total. The summed E-state index contributed by atoms with van der Waals surface area (Å²) in [6.45, 7) is 0.0213. The normalized spacial score (nSPS) is 11.3. The number of benzene rings is 2. The van der Waals surface area contributed by atoms with E-state index in [1.165, 1.54) is 0 Å². The second kappa shape index (κ2) is 7.46. The molecule has 0 aliphatic carbocycles. The highest BCUT2D eigenvalue weighted by molar-refractivity contribution is 6.31. The molecule has 1 atom stereocenters. The Bertz CT molecular complexity index is 713. The molecule has 0 bridgehead atoms. The molecule has 112 valence electrons. The van der Waals surface area contributed by atoms with Crippen LogP contribution in [0.5, 0.6) is 0 Å². The van der Waals surface area contributed by atoms with Gasteiger partial charge in [0.2, 0.25) is 0 Å². The summed E-state index contributed by atoms with van der Waals surface area (Å²) >= 11 is 5.98. The summed E-state index contributed by atoms with van der Waals surface area (Å²) in [5.74, 6) is 0. The van der Waals surface area contributed by atoms with E-state index in [9.17, 15) is 9.90 Å². The molecular formula is C16H14ClN3O2. The first-order chi connectivity index (χ1) is 10.6. The summed E-state index contributed by atoms with van der Waals surface area (Å²) in [6.07, 6.45) is -0.898. The summed E-state index contributed by atoms with van der Waals surface area (Å²) in [7, 11) is 0. The summed E-state index contributed by atoms with van der Waals surface area (Å²) in [5, 5.41) is 24.4. The lowest BCUT2D eigenvalue weighted by molar-refractivity contribution is 0.175. The van der Waals surface area contributed by atoms with Crippen LogP contribution < -0.4 is 10.6 Å². The van der Waals surface area contributed by atoms with Gasteiger partial charge in [0.15, 0.2) is 0 Å². The monoisotopic (exact) mass is 315 g/mol. The summed E-state index contributed by atoms with van der Waals surface area (Å²) in [4.78, 5) is 11.8. The van der Waals surface area contributed by atoms with Gasteiger partial charge in [0.05, 0.1) is 17.7 Å². The minimum Gasteiger partial charge on any atom is -0.387 e. The highest BCUT2D eigenvalue weighted by Crippen LogP contribution is 2.21. The summed E-state index contributed by atoms with van der Waals surface area (Å²) < 4.78 is 0. The van der Waals surface area contributed by atoms with Gasteiger partial charge in [-0.25, -0.2) is 4.79 Å². The zero-order valence-corrected chi connectivity index (χ0v) is 12.3. The number of hydrogen-bond donors (Lipinski definition) is 3. The Morgan fingerprint density at radius 1 is 1.27 bits per heavy atom. The Hall–Kier alpha value is -2.55. The Morgan fingerprint density at radius 2 is 2.05 bits per heavy atom. The average Bonchev–Trinajstić information content (AvgIpc) is 2.53. The predicted octanol–water partition coefficient (Wildman–Crippen LogP) is 3.07. The molecular weight excluding hydrogens is 302 g/mol. The van der Waals surface area contributed by atoms with Gasteiger partial charge in [-0.05, 0) is 24.3 Å². The van der Waals surface area contributed by atoms with Gasteiger partial charge in [0, 0.05) is 22.8 Å². The number of hydrogen-bond acceptors (Lipinski definition) is 3. The van der Waals surface area contributed by atoms with Crippen LogP contribution in [-0.4, -0.2) is 17.7 Å². The Kier molecular flexibility index (Phi) is 5.37. The number of amides is 2. The molecule has 1 unspecified atom stereocenters. The fraction of sp³-hybridized carbons (Fsp3) is 0.125. The molecule has 2 aromatic carbocycles. The van der Waals surface area contributed by atoms with Crippen LogP contribution in [0.25, 0.3) is 0 Å². The molecule has 0 spiro atoms. The molecule has 2 rings (SSSR count). The van der Waals surface area contributed by atoms with E-state index in [1.807, 2.05) is 6.07 Å². The number of nitriles is 1. The number of anilines is 1. The third kappa shape index (κ3) is 4.22. The average molecular weight is 316 g/mol. The lowest BCUT2D eigenvalue weighted by Crippen LogP contribution is -2.32. The van der Waals surface area contributed by atoms with Crippen molar-refractivity contribution in [3.63, 3.8) is 0 Å². The molecule has 6 heteroatoms. The molecule has 22 heavy (non-hydrogen) atoms. The smallest absolute Gasteiger partial charge is 0.319 e. The second-order valence-electron chi connectivity index (χ2n) is 4.56. The quantitative estimate of drug-likeness (QED) is 0.810. The molecule has 0 aromatic heterocycles. The van der Waals surface area contributed by atoms with Crippen molar-refractivity contribution in [3.05, 3.63) is 64.7 Å². The van der Waals surface area contributed by atoms with E-state index in [0.717, 1.165) is 0 Å². The maximum absolute atomic E-state index is 11.8. The number of aliphatic hydroxyl groups excluding tert-OH is 1. The van der Waals surface area contributed by atoms with Gasteiger partial charge in [-0.15, -0.1) is 0 Å². The Balaban J connectivity index is 1.90. The van der Waals surface area contributed by atoms with Crippen LogP contribution in [0.1, 0.15) is 17.2 Å². The SMILES string of the molecule is N#Cc1cccc(NC(=O)NCC(O)c2ccccc2Cl)c1. The van der Waals surface area contributed by atoms with Crippen molar-refractivity contribution in [1.29, 1.82) is 5.26 Å². The standard InChI is InChI=1S/C16H14ClN3O2/c17-14-7-2-1-6-13(14)15(21)10-19-16(22)20-12-5-3-4-11(8-12)9-18/h1-8,15,21H,10H2,(H2,19,20,22). The number of nitrogens with one attached hydrogen (secondary N) is 2. The zero-order chi connectivity index (χ0) is 15.9. The van der Waals surface area contributed by atoms with Crippen molar-refractivity contribution in [3.8, 4) is 6.07 Å². The fourth-order valence-corrected chi connectivity index (χ4v) is 2.15. The van der Waals surface area contributed by atoms with Crippen molar-refractivity contribution in [2.24, 2.45) is 0 Å².